The van der Waals surface area contributed by atoms with Crippen molar-refractivity contribution < 1.29 is 5.11 Å². The second kappa shape index (κ2) is 9.02. The highest BCUT2D eigenvalue weighted by Gasteiger charge is 2.39. The summed E-state index contributed by atoms with van der Waals surface area (Å²) in [5.41, 5.74) is 1.57. The first-order chi connectivity index (χ1) is 14.7. The molecule has 1 saturated carbocycles. The fraction of sp³-hybridized carbons (Fsp3) is 0.700. The van der Waals surface area contributed by atoms with Gasteiger partial charge >= 0.3 is 0 Å². The van der Waals surface area contributed by atoms with Crippen molar-refractivity contribution in [3.8, 4) is 12.3 Å². The van der Waals surface area contributed by atoms with Gasteiger partial charge in [0.2, 0.25) is 0 Å². The maximum absolute atomic E-state index is 9.29. The number of aliphatic hydroxyl groups excluding tert-OH is 1. The second-order valence-electron chi connectivity index (χ2n) is 8.10. The SMILES string of the molecule is C#CCCC1(CCNC(c2cn(CCO)nc2C)c2nnnn2C2CCCC2)N=N1. The summed E-state index contributed by atoms with van der Waals surface area (Å²) in [5, 5.41) is 38.6. The highest BCUT2D eigenvalue weighted by Crippen LogP contribution is 2.37. The summed E-state index contributed by atoms with van der Waals surface area (Å²) < 4.78 is 3.75. The van der Waals surface area contributed by atoms with Crippen molar-refractivity contribution in [3.63, 3.8) is 0 Å². The molecule has 0 bridgehead atoms. The van der Waals surface area contributed by atoms with E-state index >= 15 is 0 Å². The monoisotopic (exact) mass is 411 g/mol. The van der Waals surface area contributed by atoms with Crippen molar-refractivity contribution in [3.05, 3.63) is 23.3 Å². The van der Waals surface area contributed by atoms with Gasteiger partial charge < -0.3 is 10.4 Å². The van der Waals surface area contributed by atoms with Crippen LogP contribution in [0, 0.1) is 19.3 Å². The number of aromatic nitrogens is 6. The maximum Gasteiger partial charge on any atom is 0.193 e. The molecule has 1 unspecified atom stereocenters. The number of tetrazole rings is 1. The minimum Gasteiger partial charge on any atom is -0.394 e. The van der Waals surface area contributed by atoms with Crippen LogP contribution in [0.4, 0.5) is 0 Å². The highest BCUT2D eigenvalue weighted by atomic mass is 16.3. The van der Waals surface area contributed by atoms with E-state index in [1.807, 2.05) is 17.8 Å². The van der Waals surface area contributed by atoms with E-state index in [4.69, 9.17) is 6.42 Å². The third-order valence-corrected chi connectivity index (χ3v) is 6.00. The number of aliphatic hydroxyl groups is 1. The third kappa shape index (κ3) is 4.42. The molecule has 1 aliphatic heterocycles. The van der Waals surface area contributed by atoms with Gasteiger partial charge in [-0.3, -0.25) is 4.68 Å². The Kier molecular flexibility index (Phi) is 6.20. The van der Waals surface area contributed by atoms with Crippen LogP contribution in [0.2, 0.25) is 0 Å². The lowest BCUT2D eigenvalue weighted by molar-refractivity contribution is 0.269. The summed E-state index contributed by atoms with van der Waals surface area (Å²) >= 11 is 0. The van der Waals surface area contributed by atoms with E-state index in [-0.39, 0.29) is 18.3 Å². The summed E-state index contributed by atoms with van der Waals surface area (Å²) in [4.78, 5) is 0. The number of rotatable bonds is 11. The summed E-state index contributed by atoms with van der Waals surface area (Å²) in [6.45, 7) is 3.17. The molecule has 160 valence electrons. The molecule has 0 aromatic carbocycles. The van der Waals surface area contributed by atoms with Crippen molar-refractivity contribution in [1.82, 2.24) is 35.3 Å². The Morgan fingerprint density at radius 3 is 2.83 bits per heavy atom. The maximum atomic E-state index is 9.29. The number of nitrogens with one attached hydrogen (secondary N) is 1. The topological polar surface area (TPSA) is 118 Å². The van der Waals surface area contributed by atoms with Gasteiger partial charge in [0, 0.05) is 37.6 Å². The molecule has 30 heavy (non-hydrogen) atoms. The molecule has 4 rings (SSSR count). The Balaban J connectivity index is 1.55. The van der Waals surface area contributed by atoms with Gasteiger partial charge in [0.15, 0.2) is 11.5 Å². The Bertz CT molecular complexity index is 913. The summed E-state index contributed by atoms with van der Waals surface area (Å²) in [6, 6.07) is 0.138. The zero-order valence-electron chi connectivity index (χ0n) is 17.4. The second-order valence-corrected chi connectivity index (χ2v) is 8.10. The zero-order valence-corrected chi connectivity index (χ0v) is 17.4. The van der Waals surface area contributed by atoms with Gasteiger partial charge in [-0.05, 0) is 30.2 Å². The molecular formula is C20H29N9O. The number of hydrogen-bond acceptors (Lipinski definition) is 8. The Hall–Kier alpha value is -2.64. The summed E-state index contributed by atoms with van der Waals surface area (Å²) in [6.07, 6.45) is 14.2. The molecule has 1 atom stereocenters. The van der Waals surface area contributed by atoms with E-state index in [1.54, 1.807) is 4.68 Å². The van der Waals surface area contributed by atoms with Crippen molar-refractivity contribution in [2.75, 3.05) is 13.2 Å². The van der Waals surface area contributed by atoms with Gasteiger partial charge in [-0.25, -0.2) is 4.68 Å². The fourth-order valence-electron chi connectivity index (χ4n) is 4.26. The molecule has 2 N–H and O–H groups in total. The summed E-state index contributed by atoms with van der Waals surface area (Å²) in [7, 11) is 0. The minimum absolute atomic E-state index is 0.0408. The molecule has 10 nitrogen and oxygen atoms in total. The molecule has 2 aromatic rings. The van der Waals surface area contributed by atoms with E-state index in [9.17, 15) is 5.11 Å². The first kappa shape index (κ1) is 20.6. The van der Waals surface area contributed by atoms with E-state index < -0.39 is 0 Å². The number of hydrogen-bond donors (Lipinski definition) is 2. The largest absolute Gasteiger partial charge is 0.394 e. The molecule has 3 heterocycles. The third-order valence-electron chi connectivity index (χ3n) is 6.00. The molecule has 1 fully saturated rings. The lowest BCUT2D eigenvalue weighted by Crippen LogP contribution is -2.30. The number of nitrogens with zero attached hydrogens (tertiary/aromatic N) is 8. The minimum atomic E-state index is -0.336. The predicted molar refractivity (Wildman–Crippen MR) is 109 cm³/mol. The van der Waals surface area contributed by atoms with Gasteiger partial charge in [0.1, 0.15) is 0 Å². The van der Waals surface area contributed by atoms with Crippen LogP contribution in [-0.4, -0.2) is 53.9 Å². The first-order valence-electron chi connectivity index (χ1n) is 10.7. The lowest BCUT2D eigenvalue weighted by Gasteiger charge is -2.21. The van der Waals surface area contributed by atoms with Crippen molar-refractivity contribution in [2.45, 2.75) is 76.2 Å². The smallest absolute Gasteiger partial charge is 0.193 e. The number of aryl methyl sites for hydroxylation is 1. The van der Waals surface area contributed by atoms with Gasteiger partial charge in [-0.2, -0.15) is 15.3 Å². The van der Waals surface area contributed by atoms with Crippen LogP contribution in [0.15, 0.2) is 16.4 Å². The average Bonchev–Trinajstić information content (AvgIpc) is 3.15. The number of terminal acetylenes is 1. The van der Waals surface area contributed by atoms with E-state index in [1.165, 1.54) is 12.8 Å². The molecule has 2 aromatic heterocycles. The van der Waals surface area contributed by atoms with Gasteiger partial charge in [-0.1, -0.05) is 12.8 Å². The lowest BCUT2D eigenvalue weighted by atomic mass is 10.0. The van der Waals surface area contributed by atoms with Crippen molar-refractivity contribution in [1.29, 1.82) is 0 Å². The first-order valence-corrected chi connectivity index (χ1v) is 10.7. The summed E-state index contributed by atoms with van der Waals surface area (Å²) in [5.74, 6) is 3.47. The van der Waals surface area contributed by atoms with Gasteiger partial charge in [-0.15, -0.1) is 17.4 Å². The van der Waals surface area contributed by atoms with Crippen LogP contribution in [0.1, 0.15) is 74.1 Å². The Morgan fingerprint density at radius 1 is 1.33 bits per heavy atom. The van der Waals surface area contributed by atoms with Crippen molar-refractivity contribution in [2.24, 2.45) is 10.2 Å². The van der Waals surface area contributed by atoms with Crippen LogP contribution in [-0.2, 0) is 6.54 Å². The van der Waals surface area contributed by atoms with E-state index in [0.29, 0.717) is 25.6 Å². The van der Waals surface area contributed by atoms with Crippen LogP contribution < -0.4 is 5.32 Å². The van der Waals surface area contributed by atoms with Crippen molar-refractivity contribution >= 4 is 0 Å². The highest BCUT2D eigenvalue weighted by molar-refractivity contribution is 5.26. The molecule has 10 heteroatoms. The molecule has 2 aliphatic rings. The molecule has 0 amide bonds. The molecule has 0 saturated heterocycles. The van der Waals surface area contributed by atoms with Crippen LogP contribution in [0.25, 0.3) is 0 Å². The Labute approximate surface area is 176 Å². The predicted octanol–water partition coefficient (Wildman–Crippen LogP) is 1.93. The van der Waals surface area contributed by atoms with Crippen LogP contribution in [0.3, 0.4) is 0 Å². The quantitative estimate of drug-likeness (QED) is 0.546. The average molecular weight is 412 g/mol. The Morgan fingerprint density at radius 2 is 2.13 bits per heavy atom. The molecule has 0 spiro atoms. The zero-order chi connectivity index (χ0) is 21.0. The van der Waals surface area contributed by atoms with E-state index in [2.05, 4.69) is 42.1 Å². The van der Waals surface area contributed by atoms with Crippen LogP contribution >= 0.6 is 0 Å². The molecule has 1 aliphatic carbocycles. The van der Waals surface area contributed by atoms with E-state index in [0.717, 1.165) is 42.8 Å². The van der Waals surface area contributed by atoms with Crippen LogP contribution in [0.5, 0.6) is 0 Å². The standard InChI is InChI=1S/C20H29N9O/c1-3-4-9-20(24-25-20)10-11-21-18(17-14-28(12-13-30)23-15(17)2)19-22-26-27-29(19)16-7-5-6-8-16/h1,14,16,18,21,30H,4-13H2,2H3. The molecule has 0 radical (unpaired) electrons. The fourth-order valence-corrected chi connectivity index (χ4v) is 4.26. The molecular weight excluding hydrogens is 382 g/mol. The normalized spacial score (nSPS) is 18.6. The van der Waals surface area contributed by atoms with Gasteiger partial charge in [0.05, 0.1) is 30.9 Å². The van der Waals surface area contributed by atoms with Gasteiger partial charge in [0.25, 0.3) is 0 Å².